The Kier molecular flexibility index (Phi) is 6.80. The van der Waals surface area contributed by atoms with E-state index in [-0.39, 0.29) is 11.8 Å². The summed E-state index contributed by atoms with van der Waals surface area (Å²) in [6, 6.07) is 4.01. The Morgan fingerprint density at radius 1 is 1.38 bits per heavy atom. The summed E-state index contributed by atoms with van der Waals surface area (Å²) in [6.45, 7) is 4.10. The summed E-state index contributed by atoms with van der Waals surface area (Å²) in [5.41, 5.74) is 1.03. The minimum Gasteiger partial charge on any atom is -0.356 e. The molecule has 1 aliphatic rings. The van der Waals surface area contributed by atoms with Gasteiger partial charge in [-0.25, -0.2) is 4.98 Å². The Morgan fingerprint density at radius 2 is 2.27 bits per heavy atom. The molecule has 5 nitrogen and oxygen atoms in total. The van der Waals surface area contributed by atoms with Crippen LogP contribution in [0.1, 0.15) is 47.7 Å². The minimum atomic E-state index is 0.0765. The van der Waals surface area contributed by atoms with Crippen LogP contribution in [0, 0.1) is 0 Å². The average Bonchev–Trinajstić information content (AvgIpc) is 3.33. The summed E-state index contributed by atoms with van der Waals surface area (Å²) in [7, 11) is 0. The Bertz CT molecular complexity index is 727. The van der Waals surface area contributed by atoms with Crippen LogP contribution in [0.4, 0.5) is 0 Å². The van der Waals surface area contributed by atoms with E-state index in [2.05, 4.69) is 10.7 Å². The largest absolute Gasteiger partial charge is 0.356 e. The zero-order valence-electron chi connectivity index (χ0n) is 15.1. The van der Waals surface area contributed by atoms with Crippen molar-refractivity contribution in [3.05, 3.63) is 38.5 Å². The number of amides is 2. The molecule has 26 heavy (non-hydrogen) atoms. The number of nitrogens with one attached hydrogen (secondary N) is 1. The maximum Gasteiger partial charge on any atom is 0.227 e. The summed E-state index contributed by atoms with van der Waals surface area (Å²) in [6.07, 6.45) is 3.89. The van der Waals surface area contributed by atoms with Gasteiger partial charge in [-0.1, -0.05) is 13.0 Å². The fraction of sp³-hybridized carbons (Fsp3) is 0.526. The highest BCUT2D eigenvalue weighted by molar-refractivity contribution is 7.10. The van der Waals surface area contributed by atoms with Crippen LogP contribution in [-0.4, -0.2) is 41.3 Å². The summed E-state index contributed by atoms with van der Waals surface area (Å²) >= 11 is 3.32. The maximum atomic E-state index is 12.6. The maximum absolute atomic E-state index is 12.6. The Balaban J connectivity index is 1.52. The first-order valence-corrected chi connectivity index (χ1v) is 10.9. The van der Waals surface area contributed by atoms with Crippen molar-refractivity contribution in [2.45, 2.75) is 44.9 Å². The molecule has 2 amide bonds. The van der Waals surface area contributed by atoms with Crippen LogP contribution in [0.25, 0.3) is 0 Å². The molecule has 0 bridgehead atoms. The molecule has 0 radical (unpaired) electrons. The standard InChI is InChI=1S/C19H25N3O2S2/c1-2-17(23)20-8-7-15-13-26-19(21-15)14-5-3-9-22(12-14)18(24)11-16-6-4-10-25-16/h4,6,10,13-14H,2-3,5,7-9,11-12H2,1H3,(H,20,23)/t14-/m0/s1. The fourth-order valence-electron chi connectivity index (χ4n) is 3.16. The summed E-state index contributed by atoms with van der Waals surface area (Å²) in [5, 5.41) is 8.11. The van der Waals surface area contributed by atoms with Crippen LogP contribution in [-0.2, 0) is 22.4 Å². The van der Waals surface area contributed by atoms with Gasteiger partial charge < -0.3 is 10.2 Å². The number of carbonyl (C=O) groups is 2. The van der Waals surface area contributed by atoms with Crippen molar-refractivity contribution in [1.82, 2.24) is 15.2 Å². The third kappa shape index (κ3) is 5.14. The van der Waals surface area contributed by atoms with Gasteiger partial charge in [-0.2, -0.15) is 0 Å². The molecule has 2 aromatic rings. The highest BCUT2D eigenvalue weighted by atomic mass is 32.1. The van der Waals surface area contributed by atoms with Crippen molar-refractivity contribution in [3.63, 3.8) is 0 Å². The first-order valence-electron chi connectivity index (χ1n) is 9.17. The predicted molar refractivity (Wildman–Crippen MR) is 106 cm³/mol. The molecule has 3 heterocycles. The second-order valence-corrected chi connectivity index (χ2v) is 8.49. The number of hydrogen-bond donors (Lipinski definition) is 1. The lowest BCUT2D eigenvalue weighted by Gasteiger charge is -2.31. The molecule has 1 atom stereocenters. The molecule has 0 unspecified atom stereocenters. The first-order chi connectivity index (χ1) is 12.7. The molecule has 0 saturated carbocycles. The normalized spacial score (nSPS) is 17.3. The minimum absolute atomic E-state index is 0.0765. The number of aromatic nitrogens is 1. The number of thiophene rings is 1. The van der Waals surface area contributed by atoms with Crippen molar-refractivity contribution in [2.75, 3.05) is 19.6 Å². The van der Waals surface area contributed by atoms with Crippen LogP contribution in [0.3, 0.4) is 0 Å². The number of piperidine rings is 1. The number of likely N-dealkylation sites (tertiary alicyclic amines) is 1. The van der Waals surface area contributed by atoms with Crippen LogP contribution >= 0.6 is 22.7 Å². The molecule has 1 saturated heterocycles. The molecule has 140 valence electrons. The zero-order chi connectivity index (χ0) is 18.4. The quantitative estimate of drug-likeness (QED) is 0.788. The number of carbonyl (C=O) groups excluding carboxylic acids is 2. The number of rotatable bonds is 7. The van der Waals surface area contributed by atoms with Gasteiger partial charge in [-0.15, -0.1) is 22.7 Å². The van der Waals surface area contributed by atoms with Crippen LogP contribution in [0.15, 0.2) is 22.9 Å². The fourth-order valence-corrected chi connectivity index (χ4v) is 4.84. The van der Waals surface area contributed by atoms with Crippen LogP contribution in [0.5, 0.6) is 0 Å². The van der Waals surface area contributed by atoms with Crippen molar-refractivity contribution in [1.29, 1.82) is 0 Å². The predicted octanol–water partition coefficient (Wildman–Crippen LogP) is 3.22. The van der Waals surface area contributed by atoms with Gasteiger partial charge in [0, 0.05) is 48.7 Å². The molecule has 0 aromatic carbocycles. The zero-order valence-corrected chi connectivity index (χ0v) is 16.7. The lowest BCUT2D eigenvalue weighted by atomic mass is 9.98. The molecular formula is C19H25N3O2S2. The van der Waals surface area contributed by atoms with Gasteiger partial charge in [0.2, 0.25) is 11.8 Å². The second kappa shape index (κ2) is 9.28. The number of hydrogen-bond acceptors (Lipinski definition) is 5. The monoisotopic (exact) mass is 391 g/mol. The van der Waals surface area contributed by atoms with E-state index in [0.29, 0.717) is 25.3 Å². The highest BCUT2D eigenvalue weighted by Gasteiger charge is 2.26. The van der Waals surface area contributed by atoms with Gasteiger partial charge in [0.15, 0.2) is 0 Å². The lowest BCUT2D eigenvalue weighted by Crippen LogP contribution is -2.39. The summed E-state index contributed by atoms with van der Waals surface area (Å²) in [4.78, 5) is 31.7. The first kappa shape index (κ1) is 19.0. The van der Waals surface area contributed by atoms with Crippen molar-refractivity contribution in [3.8, 4) is 0 Å². The molecule has 7 heteroatoms. The molecule has 3 rings (SSSR count). The second-order valence-electron chi connectivity index (χ2n) is 6.57. The van der Waals surface area contributed by atoms with Gasteiger partial charge in [-0.3, -0.25) is 9.59 Å². The topological polar surface area (TPSA) is 62.3 Å². The van der Waals surface area contributed by atoms with E-state index in [1.54, 1.807) is 22.7 Å². The van der Waals surface area contributed by atoms with Crippen molar-refractivity contribution in [2.24, 2.45) is 0 Å². The van der Waals surface area contributed by atoms with E-state index >= 15 is 0 Å². The van der Waals surface area contributed by atoms with E-state index in [1.165, 1.54) is 0 Å². The van der Waals surface area contributed by atoms with Gasteiger partial charge >= 0.3 is 0 Å². The SMILES string of the molecule is CCC(=O)NCCc1csc([C@H]2CCCN(C(=O)Cc3cccs3)C2)n1. The smallest absolute Gasteiger partial charge is 0.227 e. The lowest BCUT2D eigenvalue weighted by molar-refractivity contribution is -0.131. The molecule has 1 aliphatic heterocycles. The van der Waals surface area contributed by atoms with Gasteiger partial charge in [0.25, 0.3) is 0 Å². The summed E-state index contributed by atoms with van der Waals surface area (Å²) < 4.78 is 0. The number of thiazole rings is 1. The van der Waals surface area contributed by atoms with E-state index in [0.717, 1.165) is 47.9 Å². The Morgan fingerprint density at radius 3 is 3.04 bits per heavy atom. The Labute approximate surface area is 162 Å². The van der Waals surface area contributed by atoms with Crippen LogP contribution < -0.4 is 5.32 Å². The Hall–Kier alpha value is -1.73. The van der Waals surface area contributed by atoms with E-state index in [9.17, 15) is 9.59 Å². The van der Waals surface area contributed by atoms with Gasteiger partial charge in [0.1, 0.15) is 0 Å². The number of nitrogens with zero attached hydrogens (tertiary/aromatic N) is 2. The molecule has 1 fully saturated rings. The molecule has 1 N–H and O–H groups in total. The average molecular weight is 392 g/mol. The van der Waals surface area contributed by atoms with E-state index in [4.69, 9.17) is 4.98 Å². The highest BCUT2D eigenvalue weighted by Crippen LogP contribution is 2.29. The van der Waals surface area contributed by atoms with E-state index in [1.807, 2.05) is 29.3 Å². The van der Waals surface area contributed by atoms with E-state index < -0.39 is 0 Å². The molecule has 0 aliphatic carbocycles. The summed E-state index contributed by atoms with van der Waals surface area (Å²) in [5.74, 6) is 0.629. The molecule has 0 spiro atoms. The van der Waals surface area contributed by atoms with Crippen molar-refractivity contribution < 1.29 is 9.59 Å². The van der Waals surface area contributed by atoms with Gasteiger partial charge in [0.05, 0.1) is 17.1 Å². The molecule has 2 aromatic heterocycles. The van der Waals surface area contributed by atoms with Gasteiger partial charge in [-0.05, 0) is 24.3 Å². The van der Waals surface area contributed by atoms with Crippen molar-refractivity contribution >= 4 is 34.5 Å². The third-order valence-electron chi connectivity index (χ3n) is 4.62. The third-order valence-corrected chi connectivity index (χ3v) is 6.56. The van der Waals surface area contributed by atoms with Crippen LogP contribution in [0.2, 0.25) is 0 Å². The molecular weight excluding hydrogens is 366 g/mol.